The van der Waals surface area contributed by atoms with E-state index < -0.39 is 24.8 Å². The number of hydrogen-bond acceptors (Lipinski definition) is 4. The molecule has 1 aromatic rings. The highest BCUT2D eigenvalue weighted by Gasteiger charge is 2.30. The first-order valence-corrected chi connectivity index (χ1v) is 5.68. The van der Waals surface area contributed by atoms with Gasteiger partial charge in [0, 0.05) is 0 Å². The van der Waals surface area contributed by atoms with Gasteiger partial charge in [0.05, 0.1) is 5.56 Å². The number of carbonyl (C=O) groups is 1. The molecule has 0 radical (unpaired) electrons. The average molecular weight is 278 g/mol. The van der Waals surface area contributed by atoms with Crippen molar-refractivity contribution >= 4 is 22.2 Å². The Hall–Kier alpha value is -1.59. The van der Waals surface area contributed by atoms with E-state index in [9.17, 15) is 18.0 Å². The maximum atomic E-state index is 11.9. The quantitative estimate of drug-likeness (QED) is 0.920. The van der Waals surface area contributed by atoms with E-state index in [1.54, 1.807) is 5.38 Å². The molecule has 1 atom stereocenters. The van der Waals surface area contributed by atoms with Gasteiger partial charge < -0.3 is 10.1 Å². The maximum Gasteiger partial charge on any atom is 0.411 e. The van der Waals surface area contributed by atoms with Gasteiger partial charge in [-0.15, -0.1) is 11.3 Å². The number of anilines is 1. The molecule has 1 N–H and O–H groups in total. The number of nitrogens with one attached hydrogen (secondary N) is 1. The minimum absolute atomic E-state index is 0.261. The predicted molar refractivity (Wildman–Crippen MR) is 59.1 cm³/mol. The molecule has 0 aromatic carbocycles. The summed E-state index contributed by atoms with van der Waals surface area (Å²) in [6.45, 7) is -0.280. The SMILES string of the molecule is C[C@H](OCC(F)(F)F)C(=O)Nc1sccc1C#N. The topological polar surface area (TPSA) is 62.1 Å². The van der Waals surface area contributed by atoms with E-state index in [0.29, 0.717) is 5.00 Å². The van der Waals surface area contributed by atoms with Gasteiger partial charge in [-0.3, -0.25) is 4.79 Å². The molecular weight excluding hydrogens is 269 g/mol. The van der Waals surface area contributed by atoms with Gasteiger partial charge in [0.25, 0.3) is 5.91 Å². The summed E-state index contributed by atoms with van der Waals surface area (Å²) < 4.78 is 40.0. The fourth-order valence-corrected chi connectivity index (χ4v) is 1.74. The van der Waals surface area contributed by atoms with Gasteiger partial charge in [-0.1, -0.05) is 0 Å². The molecular formula is C10H9F3N2O2S. The number of thiophene rings is 1. The standard InChI is InChI=1S/C10H9F3N2O2S/c1-6(17-5-10(11,12)13)8(16)15-9-7(4-14)2-3-18-9/h2-3,6H,5H2,1H3,(H,15,16)/t6-/m0/s1. The molecule has 0 aliphatic heterocycles. The normalized spacial score (nSPS) is 12.8. The van der Waals surface area contributed by atoms with Crippen molar-refractivity contribution in [2.24, 2.45) is 0 Å². The summed E-state index contributed by atoms with van der Waals surface area (Å²) in [4.78, 5) is 11.5. The zero-order valence-corrected chi connectivity index (χ0v) is 10.1. The van der Waals surface area contributed by atoms with Crippen molar-refractivity contribution in [3.05, 3.63) is 17.0 Å². The molecule has 1 heterocycles. The highest BCUT2D eigenvalue weighted by Crippen LogP contribution is 2.22. The van der Waals surface area contributed by atoms with Gasteiger partial charge in [0.15, 0.2) is 0 Å². The highest BCUT2D eigenvalue weighted by atomic mass is 32.1. The van der Waals surface area contributed by atoms with Crippen molar-refractivity contribution in [1.29, 1.82) is 5.26 Å². The van der Waals surface area contributed by atoms with Crippen molar-refractivity contribution in [2.45, 2.75) is 19.2 Å². The van der Waals surface area contributed by atoms with Crippen LogP contribution in [0.15, 0.2) is 11.4 Å². The Morgan fingerprint density at radius 2 is 2.33 bits per heavy atom. The predicted octanol–water partition coefficient (Wildman–Crippen LogP) is 2.53. The molecule has 98 valence electrons. The monoisotopic (exact) mass is 278 g/mol. The number of carbonyl (C=O) groups excluding carboxylic acids is 1. The first-order valence-electron chi connectivity index (χ1n) is 4.80. The van der Waals surface area contributed by atoms with E-state index in [2.05, 4.69) is 10.1 Å². The summed E-state index contributed by atoms with van der Waals surface area (Å²) >= 11 is 1.11. The van der Waals surface area contributed by atoms with Crippen LogP contribution in [0.25, 0.3) is 0 Å². The minimum Gasteiger partial charge on any atom is -0.359 e. The van der Waals surface area contributed by atoms with Gasteiger partial charge >= 0.3 is 6.18 Å². The molecule has 1 rings (SSSR count). The third kappa shape index (κ3) is 4.35. The van der Waals surface area contributed by atoms with Gasteiger partial charge in [-0.05, 0) is 18.4 Å². The third-order valence-electron chi connectivity index (χ3n) is 1.89. The number of halogens is 3. The molecule has 0 spiro atoms. The Balaban J connectivity index is 2.53. The average Bonchev–Trinajstić information content (AvgIpc) is 2.72. The summed E-state index contributed by atoms with van der Waals surface area (Å²) in [5, 5.41) is 12.9. The summed E-state index contributed by atoms with van der Waals surface area (Å²) in [5.41, 5.74) is 0.261. The zero-order chi connectivity index (χ0) is 13.8. The lowest BCUT2D eigenvalue weighted by Crippen LogP contribution is -2.31. The molecule has 1 amide bonds. The lowest BCUT2D eigenvalue weighted by molar-refractivity contribution is -0.184. The van der Waals surface area contributed by atoms with E-state index in [-0.39, 0.29) is 5.56 Å². The van der Waals surface area contributed by atoms with E-state index in [0.717, 1.165) is 11.3 Å². The molecule has 0 aliphatic carbocycles. The molecule has 8 heteroatoms. The molecule has 0 saturated carbocycles. The molecule has 0 bridgehead atoms. The summed E-state index contributed by atoms with van der Waals surface area (Å²) in [6, 6.07) is 3.35. The van der Waals surface area contributed by atoms with E-state index >= 15 is 0 Å². The Bertz CT molecular complexity index is 464. The Morgan fingerprint density at radius 1 is 1.67 bits per heavy atom. The van der Waals surface area contributed by atoms with Crippen LogP contribution in [0.4, 0.5) is 18.2 Å². The number of ether oxygens (including phenoxy) is 1. The fraction of sp³-hybridized carbons (Fsp3) is 0.400. The first-order chi connectivity index (χ1) is 8.33. The first kappa shape index (κ1) is 14.5. The summed E-state index contributed by atoms with van der Waals surface area (Å²) in [5.74, 6) is -0.724. The van der Waals surface area contributed by atoms with Crippen LogP contribution in [-0.4, -0.2) is 24.8 Å². The number of nitriles is 1. The van der Waals surface area contributed by atoms with Crippen molar-refractivity contribution in [3.63, 3.8) is 0 Å². The lowest BCUT2D eigenvalue weighted by Gasteiger charge is -2.14. The molecule has 0 saturated heterocycles. The second kappa shape index (κ2) is 5.84. The number of nitrogens with zero attached hydrogens (tertiary/aromatic N) is 1. The third-order valence-corrected chi connectivity index (χ3v) is 2.72. The Morgan fingerprint density at radius 3 is 2.89 bits per heavy atom. The van der Waals surface area contributed by atoms with Crippen molar-refractivity contribution in [1.82, 2.24) is 0 Å². The minimum atomic E-state index is -4.48. The van der Waals surface area contributed by atoms with E-state index in [1.165, 1.54) is 13.0 Å². The molecule has 1 aromatic heterocycles. The second-order valence-electron chi connectivity index (χ2n) is 3.33. The number of alkyl halides is 3. The van der Waals surface area contributed by atoms with Crippen molar-refractivity contribution in [2.75, 3.05) is 11.9 Å². The second-order valence-corrected chi connectivity index (χ2v) is 4.25. The molecule has 0 fully saturated rings. The summed E-state index contributed by atoms with van der Waals surface area (Å²) in [6.07, 6.45) is -5.73. The van der Waals surface area contributed by atoms with Crippen LogP contribution in [0.3, 0.4) is 0 Å². The molecule has 18 heavy (non-hydrogen) atoms. The molecule has 0 aliphatic rings. The van der Waals surface area contributed by atoms with Crippen LogP contribution < -0.4 is 5.32 Å². The van der Waals surface area contributed by atoms with E-state index in [4.69, 9.17) is 5.26 Å². The van der Waals surface area contributed by atoms with Crippen molar-refractivity contribution in [3.8, 4) is 6.07 Å². The summed E-state index contributed by atoms with van der Waals surface area (Å²) in [7, 11) is 0. The Kier molecular flexibility index (Phi) is 4.69. The van der Waals surface area contributed by atoms with Crippen LogP contribution in [0.5, 0.6) is 0 Å². The zero-order valence-electron chi connectivity index (χ0n) is 9.25. The highest BCUT2D eigenvalue weighted by molar-refractivity contribution is 7.14. The number of amides is 1. The van der Waals surface area contributed by atoms with Crippen LogP contribution in [0.1, 0.15) is 12.5 Å². The van der Waals surface area contributed by atoms with Crippen LogP contribution >= 0.6 is 11.3 Å². The lowest BCUT2D eigenvalue weighted by atomic mass is 10.3. The molecule has 0 unspecified atom stereocenters. The van der Waals surface area contributed by atoms with Gasteiger partial charge in [-0.25, -0.2) is 0 Å². The maximum absolute atomic E-state index is 11.9. The van der Waals surface area contributed by atoms with Crippen molar-refractivity contribution < 1.29 is 22.7 Å². The van der Waals surface area contributed by atoms with Crippen LogP contribution in [0, 0.1) is 11.3 Å². The van der Waals surface area contributed by atoms with Gasteiger partial charge in [-0.2, -0.15) is 18.4 Å². The molecule has 4 nitrogen and oxygen atoms in total. The van der Waals surface area contributed by atoms with Gasteiger partial charge in [0.1, 0.15) is 23.8 Å². The number of rotatable bonds is 4. The van der Waals surface area contributed by atoms with Gasteiger partial charge in [0.2, 0.25) is 0 Å². The fourth-order valence-electron chi connectivity index (χ4n) is 1.00. The van der Waals surface area contributed by atoms with E-state index in [1.807, 2.05) is 6.07 Å². The van der Waals surface area contributed by atoms with Crippen LogP contribution in [0.2, 0.25) is 0 Å². The Labute approximate surface area is 105 Å². The van der Waals surface area contributed by atoms with Crippen LogP contribution in [-0.2, 0) is 9.53 Å². The largest absolute Gasteiger partial charge is 0.411 e. The number of hydrogen-bond donors (Lipinski definition) is 1. The smallest absolute Gasteiger partial charge is 0.359 e.